The van der Waals surface area contributed by atoms with Crippen molar-refractivity contribution in [3.63, 3.8) is 0 Å². The van der Waals surface area contributed by atoms with Crippen LogP contribution >= 0.6 is 0 Å². The molecule has 0 aliphatic carbocycles. The van der Waals surface area contributed by atoms with E-state index < -0.39 is 0 Å². The normalized spacial score (nSPS) is 11.8. The average Bonchev–Trinajstić information content (AvgIpc) is 3.82. The molecule has 0 fully saturated rings. The lowest BCUT2D eigenvalue weighted by Gasteiger charge is -2.14. The minimum atomic E-state index is 0.754. The number of hydrogen-bond donors (Lipinski definition) is 0. The lowest BCUT2D eigenvalue weighted by molar-refractivity contribution is 0.484. The molecule has 47 heavy (non-hydrogen) atoms. The van der Waals surface area contributed by atoms with Gasteiger partial charge in [-0.3, -0.25) is 8.80 Å². The van der Waals surface area contributed by atoms with Crippen LogP contribution in [-0.2, 0) is 0 Å². The lowest BCUT2D eigenvalue weighted by Crippen LogP contribution is -1.94. The highest BCUT2D eigenvalue weighted by atomic mass is 16.5. The van der Waals surface area contributed by atoms with Gasteiger partial charge in [-0.15, -0.1) is 0 Å². The number of benzene rings is 6. The molecule has 10 rings (SSSR count). The molecule has 220 valence electrons. The van der Waals surface area contributed by atoms with E-state index in [1.54, 1.807) is 0 Å². The Hall–Kier alpha value is -6.46. The fraction of sp³-hybridized carbons (Fsp3) is 0. The van der Waals surface area contributed by atoms with E-state index in [1.807, 2.05) is 36.8 Å². The Balaban J connectivity index is 1.13. The van der Waals surface area contributed by atoms with Crippen LogP contribution in [0.3, 0.4) is 0 Å². The predicted octanol–water partition coefficient (Wildman–Crippen LogP) is 10.7. The topological polar surface area (TPSA) is 43.8 Å². The molecule has 0 N–H and O–H groups in total. The average molecular weight is 603 g/mol. The highest BCUT2D eigenvalue weighted by Crippen LogP contribution is 2.38. The minimum Gasteiger partial charge on any atom is -0.457 e. The molecule has 0 aliphatic heterocycles. The second-order valence-corrected chi connectivity index (χ2v) is 11.9. The Morgan fingerprint density at radius 2 is 1.13 bits per heavy atom. The maximum absolute atomic E-state index is 6.60. The van der Waals surface area contributed by atoms with Crippen molar-refractivity contribution >= 4 is 54.6 Å². The molecule has 0 spiro atoms. The van der Waals surface area contributed by atoms with Crippen molar-refractivity contribution in [1.82, 2.24) is 18.8 Å². The van der Waals surface area contributed by atoms with Gasteiger partial charge in [0.15, 0.2) is 0 Å². The van der Waals surface area contributed by atoms with Gasteiger partial charge in [0.1, 0.15) is 22.8 Å². The number of pyridine rings is 2. The second kappa shape index (κ2) is 10.0. The van der Waals surface area contributed by atoms with Gasteiger partial charge in [0.2, 0.25) is 0 Å². The predicted molar refractivity (Wildman–Crippen MR) is 191 cm³/mol. The first kappa shape index (κ1) is 25.8. The zero-order chi connectivity index (χ0) is 30.9. The van der Waals surface area contributed by atoms with Gasteiger partial charge in [-0.05, 0) is 76.5 Å². The molecule has 0 atom stereocenters. The molecule has 0 saturated heterocycles. The summed E-state index contributed by atoms with van der Waals surface area (Å²) < 4.78 is 11.0. The van der Waals surface area contributed by atoms with Crippen LogP contribution in [-0.4, -0.2) is 18.8 Å². The molecule has 4 aromatic heterocycles. The maximum atomic E-state index is 6.60. The van der Waals surface area contributed by atoms with Crippen molar-refractivity contribution in [1.29, 1.82) is 0 Å². The number of rotatable bonds is 4. The van der Waals surface area contributed by atoms with Crippen LogP contribution in [0.25, 0.3) is 77.0 Å². The summed E-state index contributed by atoms with van der Waals surface area (Å²) in [5.74, 6) is 1.51. The molecule has 0 unspecified atom stereocenters. The van der Waals surface area contributed by atoms with Gasteiger partial charge in [0, 0.05) is 39.5 Å². The third-order valence-electron chi connectivity index (χ3n) is 9.26. The fourth-order valence-corrected chi connectivity index (χ4v) is 7.11. The van der Waals surface area contributed by atoms with Gasteiger partial charge in [0.25, 0.3) is 0 Å². The van der Waals surface area contributed by atoms with Crippen molar-refractivity contribution in [2.45, 2.75) is 0 Å². The molecule has 0 bridgehead atoms. The first-order chi connectivity index (χ1) is 23.3. The van der Waals surface area contributed by atoms with Gasteiger partial charge in [-0.1, -0.05) is 84.9 Å². The van der Waals surface area contributed by atoms with E-state index in [4.69, 9.17) is 14.7 Å². The van der Waals surface area contributed by atoms with Gasteiger partial charge in [0.05, 0.1) is 22.9 Å². The number of nitrogens with zero attached hydrogens (tertiary/aromatic N) is 4. The molecular formula is C42H26N4O. The Morgan fingerprint density at radius 3 is 1.91 bits per heavy atom. The molecule has 5 nitrogen and oxygen atoms in total. The number of fused-ring (bicyclic) bond motifs is 12. The summed E-state index contributed by atoms with van der Waals surface area (Å²) in [6, 6.07) is 48.7. The van der Waals surface area contributed by atoms with E-state index in [1.165, 1.54) is 21.9 Å². The van der Waals surface area contributed by atoms with Crippen molar-refractivity contribution in [2.75, 3.05) is 0 Å². The third-order valence-corrected chi connectivity index (χ3v) is 9.26. The highest BCUT2D eigenvalue weighted by Gasteiger charge is 2.16. The SMILES string of the molecule is c1ccc(-c2ccc3c(c2)c2ccc(Oc4ccc5c6ccccc6n6c(-c7ccccc7)cnc6c5c4)cc2c2nccn32)cc1. The standard InChI is InChI=1S/C42H26N4O/c1-3-9-27(10-4-1)29-15-20-38-35(23-29)33-19-17-30(24-36(33)41-43-21-22-45(38)41)47-31-16-18-32-34-13-7-8-14-39(34)46-40(28-11-5-2-6-12-28)26-44-42(46)37(32)25-31/h1-26H. The van der Waals surface area contributed by atoms with Crippen LogP contribution < -0.4 is 4.74 Å². The Bertz CT molecular complexity index is 2820. The summed E-state index contributed by atoms with van der Waals surface area (Å²) in [5.41, 5.74) is 8.62. The summed E-state index contributed by atoms with van der Waals surface area (Å²) in [6.45, 7) is 0. The summed E-state index contributed by atoms with van der Waals surface area (Å²) in [6.07, 6.45) is 5.86. The third kappa shape index (κ3) is 3.97. The molecule has 0 aliphatic rings. The van der Waals surface area contributed by atoms with E-state index in [2.05, 4.69) is 130 Å². The van der Waals surface area contributed by atoms with E-state index in [0.717, 1.165) is 66.6 Å². The van der Waals surface area contributed by atoms with Crippen LogP contribution in [0.15, 0.2) is 158 Å². The fourth-order valence-electron chi connectivity index (χ4n) is 7.11. The monoisotopic (exact) mass is 602 g/mol. The molecule has 10 aromatic rings. The molecule has 5 heteroatoms. The minimum absolute atomic E-state index is 0.754. The summed E-state index contributed by atoms with van der Waals surface area (Å²) >= 11 is 0. The van der Waals surface area contributed by atoms with Gasteiger partial charge < -0.3 is 4.74 Å². The number of imidazole rings is 2. The molecule has 0 amide bonds. The highest BCUT2D eigenvalue weighted by molar-refractivity contribution is 6.14. The van der Waals surface area contributed by atoms with E-state index in [-0.39, 0.29) is 0 Å². The quantitative estimate of drug-likeness (QED) is 0.188. The second-order valence-electron chi connectivity index (χ2n) is 11.9. The van der Waals surface area contributed by atoms with Crippen molar-refractivity contribution in [2.24, 2.45) is 0 Å². The molecular weight excluding hydrogens is 576 g/mol. The van der Waals surface area contributed by atoms with E-state index in [9.17, 15) is 0 Å². The molecule has 6 aromatic carbocycles. The summed E-state index contributed by atoms with van der Waals surface area (Å²) in [7, 11) is 0. The van der Waals surface area contributed by atoms with Crippen molar-refractivity contribution in [3.05, 3.63) is 158 Å². The summed E-state index contributed by atoms with van der Waals surface area (Å²) in [5, 5.41) is 6.71. The number of ether oxygens (including phenoxy) is 1. The van der Waals surface area contributed by atoms with Crippen LogP contribution in [0, 0.1) is 0 Å². The van der Waals surface area contributed by atoms with Gasteiger partial charge in [-0.2, -0.15) is 0 Å². The number of para-hydroxylation sites is 1. The van der Waals surface area contributed by atoms with Crippen LogP contribution in [0.1, 0.15) is 0 Å². The zero-order valence-corrected chi connectivity index (χ0v) is 25.2. The Morgan fingerprint density at radius 1 is 0.447 bits per heavy atom. The zero-order valence-electron chi connectivity index (χ0n) is 25.2. The van der Waals surface area contributed by atoms with Crippen LogP contribution in [0.2, 0.25) is 0 Å². The van der Waals surface area contributed by atoms with Crippen molar-refractivity contribution in [3.8, 4) is 33.9 Å². The lowest BCUT2D eigenvalue weighted by atomic mass is 9.99. The van der Waals surface area contributed by atoms with Gasteiger partial charge >= 0.3 is 0 Å². The first-order valence-corrected chi connectivity index (χ1v) is 15.7. The molecule has 0 saturated carbocycles. The van der Waals surface area contributed by atoms with Crippen molar-refractivity contribution < 1.29 is 4.74 Å². The van der Waals surface area contributed by atoms with Crippen LogP contribution in [0.4, 0.5) is 0 Å². The van der Waals surface area contributed by atoms with E-state index >= 15 is 0 Å². The van der Waals surface area contributed by atoms with E-state index in [0.29, 0.717) is 0 Å². The smallest absolute Gasteiger partial charge is 0.145 e. The van der Waals surface area contributed by atoms with Crippen LogP contribution in [0.5, 0.6) is 11.5 Å². The number of aromatic nitrogens is 4. The Kier molecular flexibility index (Phi) is 5.51. The Labute approximate surface area is 269 Å². The largest absolute Gasteiger partial charge is 0.457 e. The first-order valence-electron chi connectivity index (χ1n) is 15.7. The van der Waals surface area contributed by atoms with Gasteiger partial charge in [-0.25, -0.2) is 9.97 Å². The maximum Gasteiger partial charge on any atom is 0.145 e. The molecule has 4 heterocycles. The number of hydrogen-bond acceptors (Lipinski definition) is 3. The molecule has 0 radical (unpaired) electrons. The summed E-state index contributed by atoms with van der Waals surface area (Å²) in [4.78, 5) is 9.70.